The molecule has 1 heterocycles. The van der Waals surface area contributed by atoms with Crippen LogP contribution < -0.4 is 10.1 Å². The number of para-hydroxylation sites is 1. The van der Waals surface area contributed by atoms with Crippen LogP contribution in [0.3, 0.4) is 0 Å². The molecule has 0 fully saturated rings. The van der Waals surface area contributed by atoms with E-state index in [1.807, 2.05) is 39.0 Å². The summed E-state index contributed by atoms with van der Waals surface area (Å²) in [6.07, 6.45) is 0.514. The third kappa shape index (κ3) is 3.88. The van der Waals surface area contributed by atoms with Gasteiger partial charge in [-0.2, -0.15) is 0 Å². The minimum absolute atomic E-state index is 0.253. The van der Waals surface area contributed by atoms with Crippen LogP contribution in [0.1, 0.15) is 38.7 Å². The largest absolute Gasteiger partial charge is 0.492 e. The third-order valence-electron chi connectivity index (χ3n) is 3.04. The van der Waals surface area contributed by atoms with Crippen molar-refractivity contribution in [1.82, 2.24) is 5.32 Å². The zero-order valence-electron chi connectivity index (χ0n) is 12.0. The van der Waals surface area contributed by atoms with Gasteiger partial charge in [0, 0.05) is 18.0 Å². The Bertz CT molecular complexity index is 496. The lowest BCUT2D eigenvalue weighted by Crippen LogP contribution is -2.35. The van der Waals surface area contributed by atoms with Crippen LogP contribution in [0.2, 0.25) is 0 Å². The molecule has 0 bridgehead atoms. The van der Waals surface area contributed by atoms with Crippen molar-refractivity contribution in [2.45, 2.75) is 38.7 Å². The number of benzene rings is 1. The van der Waals surface area contributed by atoms with Crippen LogP contribution >= 0.6 is 15.9 Å². The van der Waals surface area contributed by atoms with Gasteiger partial charge in [0.25, 0.3) is 0 Å². The Labute approximate surface area is 128 Å². The highest BCUT2D eigenvalue weighted by Gasteiger charge is 2.24. The van der Waals surface area contributed by atoms with Crippen molar-refractivity contribution < 1.29 is 14.3 Å². The van der Waals surface area contributed by atoms with Crippen molar-refractivity contribution in [3.05, 3.63) is 28.2 Å². The number of ether oxygens (including phenoxy) is 2. The van der Waals surface area contributed by atoms with E-state index in [0.29, 0.717) is 13.2 Å². The van der Waals surface area contributed by atoms with E-state index in [2.05, 4.69) is 21.2 Å². The van der Waals surface area contributed by atoms with Crippen LogP contribution in [0.15, 0.2) is 22.7 Å². The normalized spacial score (nSPS) is 17.9. The molecule has 1 aliphatic rings. The standard InChI is InChI=1S/C15H20BrNO3/c1-15(2,3)20-14(18)17-9-10-7-8-19-13-11(10)5-4-6-12(13)16/h4-6,10H,7-9H2,1-3H3,(H,17,18)/t10-/m1/s1. The Kier molecular flexibility index (Phi) is 4.58. The van der Waals surface area contributed by atoms with Gasteiger partial charge < -0.3 is 14.8 Å². The molecule has 1 atom stereocenters. The van der Waals surface area contributed by atoms with Crippen molar-refractivity contribution in [2.75, 3.05) is 13.2 Å². The molecule has 2 rings (SSSR count). The number of halogens is 1. The first-order valence-corrected chi connectivity index (χ1v) is 7.54. The van der Waals surface area contributed by atoms with Gasteiger partial charge in [0.15, 0.2) is 0 Å². The van der Waals surface area contributed by atoms with Gasteiger partial charge in [0.2, 0.25) is 0 Å². The highest BCUT2D eigenvalue weighted by atomic mass is 79.9. The number of fused-ring (bicyclic) bond motifs is 1. The SMILES string of the molecule is CC(C)(C)OC(=O)NC[C@H]1CCOc2c(Br)cccc21. The van der Waals surface area contributed by atoms with E-state index in [0.717, 1.165) is 22.2 Å². The van der Waals surface area contributed by atoms with E-state index in [-0.39, 0.29) is 12.0 Å². The lowest BCUT2D eigenvalue weighted by Gasteiger charge is -2.27. The lowest BCUT2D eigenvalue weighted by molar-refractivity contribution is 0.0521. The van der Waals surface area contributed by atoms with Gasteiger partial charge in [-0.05, 0) is 49.2 Å². The van der Waals surface area contributed by atoms with E-state index in [9.17, 15) is 4.79 Å². The number of carbonyl (C=O) groups excluding carboxylic acids is 1. The summed E-state index contributed by atoms with van der Waals surface area (Å²) in [5.41, 5.74) is 0.655. The fourth-order valence-corrected chi connectivity index (χ4v) is 2.69. The Morgan fingerprint density at radius 2 is 2.25 bits per heavy atom. The maximum atomic E-state index is 11.7. The smallest absolute Gasteiger partial charge is 0.407 e. The summed E-state index contributed by atoms with van der Waals surface area (Å²) in [7, 11) is 0. The van der Waals surface area contributed by atoms with Crippen molar-refractivity contribution in [3.8, 4) is 5.75 Å². The van der Waals surface area contributed by atoms with Crippen LogP contribution in [-0.4, -0.2) is 24.8 Å². The maximum Gasteiger partial charge on any atom is 0.407 e. The highest BCUT2D eigenvalue weighted by Crippen LogP contribution is 2.38. The summed E-state index contributed by atoms with van der Waals surface area (Å²) < 4.78 is 11.9. The monoisotopic (exact) mass is 341 g/mol. The van der Waals surface area contributed by atoms with Gasteiger partial charge >= 0.3 is 6.09 Å². The average Bonchev–Trinajstić information content (AvgIpc) is 2.35. The van der Waals surface area contributed by atoms with Gasteiger partial charge in [-0.1, -0.05) is 12.1 Å². The van der Waals surface area contributed by atoms with Crippen LogP contribution in [-0.2, 0) is 4.74 Å². The van der Waals surface area contributed by atoms with Gasteiger partial charge in [-0.15, -0.1) is 0 Å². The second kappa shape index (κ2) is 6.04. The number of nitrogens with one attached hydrogen (secondary N) is 1. The van der Waals surface area contributed by atoms with Crippen LogP contribution in [0, 0.1) is 0 Å². The lowest BCUT2D eigenvalue weighted by atomic mass is 9.93. The summed E-state index contributed by atoms with van der Waals surface area (Å²) in [6.45, 7) is 6.78. The van der Waals surface area contributed by atoms with Crippen molar-refractivity contribution in [2.24, 2.45) is 0 Å². The molecule has 4 nitrogen and oxygen atoms in total. The molecule has 1 aromatic rings. The van der Waals surface area contributed by atoms with E-state index < -0.39 is 5.60 Å². The van der Waals surface area contributed by atoms with Gasteiger partial charge in [0.05, 0.1) is 11.1 Å². The summed E-state index contributed by atoms with van der Waals surface area (Å²) in [4.78, 5) is 11.7. The molecule has 0 aliphatic carbocycles. The van der Waals surface area contributed by atoms with Crippen molar-refractivity contribution in [3.63, 3.8) is 0 Å². The number of hydrogen-bond acceptors (Lipinski definition) is 3. The second-order valence-corrected chi connectivity index (χ2v) is 6.73. The molecule has 0 saturated heterocycles. The minimum Gasteiger partial charge on any atom is -0.492 e. The van der Waals surface area contributed by atoms with Gasteiger partial charge in [0.1, 0.15) is 11.4 Å². The molecule has 110 valence electrons. The van der Waals surface area contributed by atoms with E-state index in [1.165, 1.54) is 0 Å². The van der Waals surface area contributed by atoms with E-state index >= 15 is 0 Å². The molecule has 0 unspecified atom stereocenters. The molecule has 5 heteroatoms. The molecule has 0 saturated carbocycles. The minimum atomic E-state index is -0.472. The zero-order chi connectivity index (χ0) is 14.8. The molecule has 20 heavy (non-hydrogen) atoms. The molecular formula is C15H20BrNO3. The van der Waals surface area contributed by atoms with Crippen LogP contribution in [0.5, 0.6) is 5.75 Å². The van der Waals surface area contributed by atoms with Crippen molar-refractivity contribution in [1.29, 1.82) is 0 Å². The summed E-state index contributed by atoms with van der Waals surface area (Å²) in [5, 5.41) is 2.84. The Balaban J connectivity index is 1.99. The summed E-state index contributed by atoms with van der Waals surface area (Å²) in [6, 6.07) is 5.99. The Morgan fingerprint density at radius 1 is 1.50 bits per heavy atom. The zero-order valence-corrected chi connectivity index (χ0v) is 13.6. The number of amides is 1. The average molecular weight is 342 g/mol. The number of carbonyl (C=O) groups is 1. The quantitative estimate of drug-likeness (QED) is 0.888. The predicted octanol–water partition coefficient (Wildman–Crippen LogP) is 3.84. The first kappa shape index (κ1) is 15.2. The maximum absolute atomic E-state index is 11.7. The molecular weight excluding hydrogens is 322 g/mol. The Morgan fingerprint density at radius 3 is 2.95 bits per heavy atom. The highest BCUT2D eigenvalue weighted by molar-refractivity contribution is 9.10. The van der Waals surface area contributed by atoms with Gasteiger partial charge in [-0.25, -0.2) is 4.79 Å². The van der Waals surface area contributed by atoms with Crippen molar-refractivity contribution >= 4 is 22.0 Å². The third-order valence-corrected chi connectivity index (χ3v) is 3.67. The molecule has 1 aliphatic heterocycles. The summed E-state index contributed by atoms with van der Waals surface area (Å²) >= 11 is 3.49. The number of alkyl carbamates (subject to hydrolysis) is 1. The molecule has 1 N–H and O–H groups in total. The second-order valence-electron chi connectivity index (χ2n) is 5.88. The molecule has 1 aromatic carbocycles. The Hall–Kier alpha value is -1.23. The number of hydrogen-bond donors (Lipinski definition) is 1. The molecule has 1 amide bonds. The molecule has 0 aromatic heterocycles. The van der Waals surface area contributed by atoms with E-state index in [4.69, 9.17) is 9.47 Å². The fraction of sp³-hybridized carbons (Fsp3) is 0.533. The predicted molar refractivity (Wildman–Crippen MR) is 81.2 cm³/mol. The molecule has 0 radical (unpaired) electrons. The van der Waals surface area contributed by atoms with Crippen LogP contribution in [0.25, 0.3) is 0 Å². The number of rotatable bonds is 2. The molecule has 0 spiro atoms. The van der Waals surface area contributed by atoms with Gasteiger partial charge in [-0.3, -0.25) is 0 Å². The topological polar surface area (TPSA) is 47.6 Å². The fourth-order valence-electron chi connectivity index (χ4n) is 2.19. The first-order chi connectivity index (χ1) is 9.37. The van der Waals surface area contributed by atoms with Crippen LogP contribution in [0.4, 0.5) is 4.79 Å². The van der Waals surface area contributed by atoms with E-state index in [1.54, 1.807) is 0 Å². The summed E-state index contributed by atoms with van der Waals surface area (Å²) in [5.74, 6) is 1.14. The first-order valence-electron chi connectivity index (χ1n) is 6.75.